The molecule has 1 N–H and O–H groups in total. The fourth-order valence-electron chi connectivity index (χ4n) is 2.36. The van der Waals surface area contributed by atoms with Crippen molar-refractivity contribution in [1.29, 1.82) is 0 Å². The first kappa shape index (κ1) is 17.7. The number of carbonyl (C=O) groups excluding carboxylic acids is 2. The molecule has 1 aromatic rings. The van der Waals surface area contributed by atoms with Gasteiger partial charge in [0.15, 0.2) is 6.10 Å². The van der Waals surface area contributed by atoms with Gasteiger partial charge in [-0.1, -0.05) is 0 Å². The molecule has 1 aliphatic rings. The van der Waals surface area contributed by atoms with E-state index >= 15 is 0 Å². The second kappa shape index (κ2) is 7.78. The summed E-state index contributed by atoms with van der Waals surface area (Å²) in [6.45, 7) is 1.28. The molecule has 130 valence electrons. The van der Waals surface area contributed by atoms with Crippen LogP contribution in [0.1, 0.15) is 30.1 Å². The zero-order valence-electron chi connectivity index (χ0n) is 13.3. The lowest BCUT2D eigenvalue weighted by molar-refractivity contribution is -0.204. The molecule has 0 saturated carbocycles. The number of benzene rings is 1. The Labute approximate surface area is 138 Å². The van der Waals surface area contributed by atoms with Crippen molar-refractivity contribution >= 4 is 17.9 Å². The maximum atomic E-state index is 11.7. The number of aromatic carboxylic acids is 1. The fraction of sp³-hybridized carbons (Fsp3) is 0.438. The van der Waals surface area contributed by atoms with Crippen LogP contribution in [0.5, 0.6) is 5.75 Å². The molecule has 1 fully saturated rings. The molecule has 0 aliphatic carbocycles. The van der Waals surface area contributed by atoms with Gasteiger partial charge in [0, 0.05) is 19.8 Å². The zero-order valence-corrected chi connectivity index (χ0v) is 13.3. The Balaban J connectivity index is 2.07. The van der Waals surface area contributed by atoms with Crippen molar-refractivity contribution in [2.24, 2.45) is 0 Å². The predicted molar refractivity (Wildman–Crippen MR) is 79.5 cm³/mol. The van der Waals surface area contributed by atoms with E-state index in [1.165, 1.54) is 38.3 Å². The molecule has 8 heteroatoms. The first-order chi connectivity index (χ1) is 11.4. The van der Waals surface area contributed by atoms with Gasteiger partial charge in [0.05, 0.1) is 12.7 Å². The minimum absolute atomic E-state index is 0.122. The van der Waals surface area contributed by atoms with E-state index in [0.717, 1.165) is 0 Å². The third kappa shape index (κ3) is 4.69. The first-order valence-electron chi connectivity index (χ1n) is 7.29. The van der Waals surface area contributed by atoms with Crippen molar-refractivity contribution in [3.63, 3.8) is 0 Å². The molecular formula is C16H18O8. The maximum absolute atomic E-state index is 11.7. The zero-order chi connectivity index (χ0) is 17.7. The number of esters is 2. The number of ether oxygens (including phenoxy) is 4. The largest absolute Gasteiger partial charge is 0.478 e. The van der Waals surface area contributed by atoms with Crippen molar-refractivity contribution in [3.8, 4) is 5.75 Å². The van der Waals surface area contributed by atoms with E-state index < -0.39 is 36.4 Å². The summed E-state index contributed by atoms with van der Waals surface area (Å²) >= 11 is 0. The van der Waals surface area contributed by atoms with Crippen LogP contribution in [0.25, 0.3) is 0 Å². The van der Waals surface area contributed by atoms with Crippen LogP contribution in [0.2, 0.25) is 0 Å². The molecule has 3 atom stereocenters. The standard InChI is InChI=1S/C16H18O8/c1-9(17)22-12-7-13(16(20)21-2)24-14(8-12)23-11-5-3-10(4-6-11)15(18)19/h3-6,12-14H,7-8H2,1-2H3,(H,18,19)/t12?,13-,14+/m0/s1. The third-order valence-corrected chi connectivity index (χ3v) is 3.41. The molecule has 1 unspecified atom stereocenters. The average molecular weight is 338 g/mol. The number of rotatable bonds is 5. The molecule has 0 spiro atoms. The summed E-state index contributed by atoms with van der Waals surface area (Å²) in [5, 5.41) is 8.87. The molecule has 0 amide bonds. The summed E-state index contributed by atoms with van der Waals surface area (Å²) in [6, 6.07) is 5.74. The molecule has 0 aromatic heterocycles. The monoisotopic (exact) mass is 338 g/mol. The topological polar surface area (TPSA) is 108 Å². The van der Waals surface area contributed by atoms with E-state index in [0.29, 0.717) is 5.75 Å². The lowest BCUT2D eigenvalue weighted by atomic mass is 10.0. The van der Waals surface area contributed by atoms with Gasteiger partial charge >= 0.3 is 17.9 Å². The van der Waals surface area contributed by atoms with Gasteiger partial charge in [0.1, 0.15) is 11.9 Å². The van der Waals surface area contributed by atoms with Crippen LogP contribution < -0.4 is 4.74 Å². The molecule has 1 aromatic carbocycles. The van der Waals surface area contributed by atoms with Gasteiger partial charge in [0.2, 0.25) is 6.29 Å². The maximum Gasteiger partial charge on any atom is 0.335 e. The number of carbonyl (C=O) groups is 3. The van der Waals surface area contributed by atoms with Gasteiger partial charge in [-0.3, -0.25) is 4.79 Å². The Morgan fingerprint density at radius 1 is 1.17 bits per heavy atom. The fourth-order valence-corrected chi connectivity index (χ4v) is 2.36. The molecule has 0 radical (unpaired) electrons. The highest BCUT2D eigenvalue weighted by Crippen LogP contribution is 2.26. The van der Waals surface area contributed by atoms with Gasteiger partial charge in [0.25, 0.3) is 0 Å². The van der Waals surface area contributed by atoms with E-state index in [2.05, 4.69) is 4.74 Å². The molecule has 1 heterocycles. The third-order valence-electron chi connectivity index (χ3n) is 3.41. The molecule has 24 heavy (non-hydrogen) atoms. The van der Waals surface area contributed by atoms with Crippen molar-refractivity contribution in [2.45, 2.75) is 38.3 Å². The molecule has 1 aliphatic heterocycles. The second-order valence-corrected chi connectivity index (χ2v) is 5.23. The Hall–Kier alpha value is -2.61. The van der Waals surface area contributed by atoms with Gasteiger partial charge < -0.3 is 24.1 Å². The molecule has 1 saturated heterocycles. The lowest BCUT2D eigenvalue weighted by Crippen LogP contribution is -2.44. The van der Waals surface area contributed by atoms with E-state index in [9.17, 15) is 14.4 Å². The summed E-state index contributed by atoms with van der Waals surface area (Å²) in [7, 11) is 1.24. The quantitative estimate of drug-likeness (QED) is 0.802. The smallest absolute Gasteiger partial charge is 0.335 e. The number of carboxylic acids is 1. The Kier molecular flexibility index (Phi) is 5.75. The second-order valence-electron chi connectivity index (χ2n) is 5.23. The first-order valence-corrected chi connectivity index (χ1v) is 7.29. The van der Waals surface area contributed by atoms with Gasteiger partial charge in [-0.25, -0.2) is 9.59 Å². The van der Waals surface area contributed by atoms with Crippen molar-refractivity contribution < 1.29 is 38.4 Å². The van der Waals surface area contributed by atoms with Crippen molar-refractivity contribution in [1.82, 2.24) is 0 Å². The average Bonchev–Trinajstić information content (AvgIpc) is 2.53. The number of hydrogen-bond donors (Lipinski definition) is 1. The molecule has 8 nitrogen and oxygen atoms in total. The number of hydrogen-bond acceptors (Lipinski definition) is 7. The summed E-state index contributed by atoms with van der Waals surface area (Å²) in [5.41, 5.74) is 0.122. The van der Waals surface area contributed by atoms with Gasteiger partial charge in [-0.15, -0.1) is 0 Å². The number of carboxylic acid groups (broad SMARTS) is 1. The van der Waals surface area contributed by atoms with Crippen LogP contribution in [0, 0.1) is 0 Å². The summed E-state index contributed by atoms with van der Waals surface area (Å²) < 4.78 is 20.9. The highest BCUT2D eigenvalue weighted by Gasteiger charge is 2.37. The number of methoxy groups -OCH3 is 1. The van der Waals surface area contributed by atoms with Crippen molar-refractivity contribution in [3.05, 3.63) is 29.8 Å². The molecule has 2 rings (SSSR count). The lowest BCUT2D eigenvalue weighted by Gasteiger charge is -2.33. The van der Waals surface area contributed by atoms with Crippen LogP contribution >= 0.6 is 0 Å². The van der Waals surface area contributed by atoms with Crippen LogP contribution in [0.15, 0.2) is 24.3 Å². The normalized spacial score (nSPS) is 23.2. The van der Waals surface area contributed by atoms with Crippen LogP contribution in [-0.4, -0.2) is 48.6 Å². The van der Waals surface area contributed by atoms with E-state index in [1.54, 1.807) is 0 Å². The predicted octanol–water partition coefficient (Wildman–Crippen LogP) is 1.37. The summed E-state index contributed by atoms with van der Waals surface area (Å²) in [4.78, 5) is 33.7. The Morgan fingerprint density at radius 2 is 1.83 bits per heavy atom. The van der Waals surface area contributed by atoms with E-state index in [-0.39, 0.29) is 18.4 Å². The Morgan fingerprint density at radius 3 is 2.38 bits per heavy atom. The van der Waals surface area contributed by atoms with Crippen LogP contribution in [0.3, 0.4) is 0 Å². The van der Waals surface area contributed by atoms with Gasteiger partial charge in [-0.2, -0.15) is 0 Å². The highest BCUT2D eigenvalue weighted by atomic mass is 16.7. The summed E-state index contributed by atoms with van der Waals surface area (Å²) in [5.74, 6) is -1.72. The van der Waals surface area contributed by atoms with Crippen LogP contribution in [0.4, 0.5) is 0 Å². The minimum atomic E-state index is -1.05. The SMILES string of the molecule is COC(=O)[C@@H]1CC(OC(C)=O)C[C@H](Oc2ccc(C(=O)O)cc2)O1. The summed E-state index contributed by atoms with van der Waals surface area (Å²) in [6.07, 6.45) is -1.85. The Bertz CT molecular complexity index is 609. The van der Waals surface area contributed by atoms with Crippen molar-refractivity contribution in [2.75, 3.05) is 7.11 Å². The minimum Gasteiger partial charge on any atom is -0.478 e. The van der Waals surface area contributed by atoms with E-state index in [1.807, 2.05) is 0 Å². The highest BCUT2D eigenvalue weighted by molar-refractivity contribution is 5.87. The van der Waals surface area contributed by atoms with Crippen LogP contribution in [-0.2, 0) is 23.8 Å². The molecular weight excluding hydrogens is 320 g/mol. The van der Waals surface area contributed by atoms with E-state index in [4.69, 9.17) is 19.3 Å². The van der Waals surface area contributed by atoms with Gasteiger partial charge in [-0.05, 0) is 24.3 Å². The molecule has 0 bridgehead atoms.